The summed E-state index contributed by atoms with van der Waals surface area (Å²) in [6, 6.07) is 3.10. The van der Waals surface area contributed by atoms with Crippen LogP contribution in [0.25, 0.3) is 0 Å². The van der Waals surface area contributed by atoms with E-state index in [4.69, 9.17) is 4.74 Å². The van der Waals surface area contributed by atoms with Gasteiger partial charge in [0, 0.05) is 50.7 Å². The largest absolute Gasteiger partial charge is 0.379 e. The number of thiazole rings is 1. The summed E-state index contributed by atoms with van der Waals surface area (Å²) in [5.41, 5.74) is 0.471. The van der Waals surface area contributed by atoms with Gasteiger partial charge in [-0.3, -0.25) is 19.8 Å². The average Bonchev–Trinajstić information content (AvgIpc) is 3.22. The van der Waals surface area contributed by atoms with E-state index in [0.717, 1.165) is 37.9 Å². The van der Waals surface area contributed by atoms with Crippen molar-refractivity contribution in [2.45, 2.75) is 6.54 Å². The van der Waals surface area contributed by atoms with Gasteiger partial charge in [-0.05, 0) is 6.07 Å². The first kappa shape index (κ1) is 19.7. The standard InChI is InChI=1S/C18H22N6O4S/c25-18(15-13-29-17(20-15)12-21-7-9-28-10-8-21)23-5-3-22(4-6-23)16-2-1-14(11-19-16)24(26)27/h1-2,11,13H,3-10,12H2. The van der Waals surface area contributed by atoms with Crippen molar-refractivity contribution in [1.29, 1.82) is 0 Å². The minimum absolute atomic E-state index is 0.0287. The predicted molar refractivity (Wildman–Crippen MR) is 107 cm³/mol. The molecule has 1 amide bonds. The van der Waals surface area contributed by atoms with Gasteiger partial charge in [0.2, 0.25) is 0 Å². The fourth-order valence-corrected chi connectivity index (χ4v) is 4.22. The molecule has 2 saturated heterocycles. The number of piperazine rings is 1. The van der Waals surface area contributed by atoms with Crippen LogP contribution in [0.15, 0.2) is 23.7 Å². The Kier molecular flexibility index (Phi) is 5.97. The van der Waals surface area contributed by atoms with Gasteiger partial charge < -0.3 is 14.5 Å². The number of rotatable bonds is 5. The number of hydrogen-bond donors (Lipinski definition) is 0. The SMILES string of the molecule is O=C(c1csc(CN2CCOCC2)n1)N1CCN(c2ccc([N+](=O)[O-])cn2)CC1. The Morgan fingerprint density at radius 3 is 2.59 bits per heavy atom. The van der Waals surface area contributed by atoms with Gasteiger partial charge in [0.05, 0.1) is 24.7 Å². The van der Waals surface area contributed by atoms with Crippen LogP contribution in [0.5, 0.6) is 0 Å². The van der Waals surface area contributed by atoms with Crippen LogP contribution in [0.1, 0.15) is 15.5 Å². The number of morpholine rings is 1. The van der Waals surface area contributed by atoms with Crippen molar-refractivity contribution >= 4 is 28.7 Å². The summed E-state index contributed by atoms with van der Waals surface area (Å²) in [5.74, 6) is 0.634. The van der Waals surface area contributed by atoms with E-state index in [1.54, 1.807) is 11.0 Å². The summed E-state index contributed by atoms with van der Waals surface area (Å²) in [6.07, 6.45) is 1.26. The van der Waals surface area contributed by atoms with Crippen molar-refractivity contribution in [3.05, 3.63) is 44.5 Å². The monoisotopic (exact) mass is 418 g/mol. The van der Waals surface area contributed by atoms with Gasteiger partial charge in [0.15, 0.2) is 0 Å². The van der Waals surface area contributed by atoms with Gasteiger partial charge in [-0.15, -0.1) is 11.3 Å². The first-order chi connectivity index (χ1) is 14.1. The zero-order valence-electron chi connectivity index (χ0n) is 15.9. The maximum absolute atomic E-state index is 12.8. The summed E-state index contributed by atoms with van der Waals surface area (Å²) in [7, 11) is 0. The molecule has 4 rings (SSSR count). The molecule has 2 aromatic rings. The van der Waals surface area contributed by atoms with Gasteiger partial charge in [0.1, 0.15) is 22.7 Å². The Labute approximate surface area is 171 Å². The molecule has 154 valence electrons. The molecular weight excluding hydrogens is 396 g/mol. The Balaban J connectivity index is 1.31. The number of ether oxygens (including phenoxy) is 1. The summed E-state index contributed by atoms with van der Waals surface area (Å²) in [6.45, 7) is 6.39. The van der Waals surface area contributed by atoms with Crippen LogP contribution in [0.4, 0.5) is 11.5 Å². The normalized spacial score (nSPS) is 18.1. The first-order valence-corrected chi connectivity index (χ1v) is 10.4. The Morgan fingerprint density at radius 1 is 1.17 bits per heavy atom. The lowest BCUT2D eigenvalue weighted by atomic mass is 10.2. The number of carbonyl (C=O) groups excluding carboxylic acids is 1. The number of aromatic nitrogens is 2. The molecule has 2 fully saturated rings. The summed E-state index contributed by atoms with van der Waals surface area (Å²) in [4.78, 5) is 37.9. The van der Waals surface area contributed by atoms with Crippen molar-refractivity contribution < 1.29 is 14.5 Å². The van der Waals surface area contributed by atoms with Crippen LogP contribution < -0.4 is 4.90 Å². The molecule has 0 atom stereocenters. The van der Waals surface area contributed by atoms with Crippen LogP contribution in [0, 0.1) is 10.1 Å². The average molecular weight is 418 g/mol. The summed E-state index contributed by atoms with van der Waals surface area (Å²) >= 11 is 1.52. The van der Waals surface area contributed by atoms with Gasteiger partial charge >= 0.3 is 0 Å². The third-order valence-corrected chi connectivity index (χ3v) is 5.90. The van der Waals surface area contributed by atoms with Crippen LogP contribution in [0.2, 0.25) is 0 Å². The van der Waals surface area contributed by atoms with E-state index in [2.05, 4.69) is 14.9 Å². The van der Waals surface area contributed by atoms with E-state index in [0.29, 0.717) is 37.7 Å². The highest BCUT2D eigenvalue weighted by atomic mass is 32.1. The van der Waals surface area contributed by atoms with E-state index < -0.39 is 4.92 Å². The topological polar surface area (TPSA) is 105 Å². The fraction of sp³-hybridized carbons (Fsp3) is 0.500. The van der Waals surface area contributed by atoms with Crippen LogP contribution in [-0.4, -0.2) is 83.1 Å². The van der Waals surface area contributed by atoms with E-state index in [1.165, 1.54) is 23.6 Å². The molecule has 0 aromatic carbocycles. The molecule has 11 heteroatoms. The highest BCUT2D eigenvalue weighted by molar-refractivity contribution is 7.09. The molecule has 2 aromatic heterocycles. The van der Waals surface area contributed by atoms with Crippen molar-refractivity contribution in [3.8, 4) is 0 Å². The first-order valence-electron chi connectivity index (χ1n) is 9.49. The molecule has 0 spiro atoms. The number of pyridine rings is 1. The van der Waals surface area contributed by atoms with Crippen molar-refractivity contribution in [3.63, 3.8) is 0 Å². The maximum Gasteiger partial charge on any atom is 0.287 e. The quantitative estimate of drug-likeness (QED) is 0.528. The maximum atomic E-state index is 12.8. The minimum Gasteiger partial charge on any atom is -0.379 e. The molecule has 2 aliphatic heterocycles. The Bertz CT molecular complexity index is 859. The van der Waals surface area contributed by atoms with E-state index in [1.807, 2.05) is 10.3 Å². The summed E-state index contributed by atoms with van der Waals surface area (Å²) < 4.78 is 5.36. The lowest BCUT2D eigenvalue weighted by Crippen LogP contribution is -2.49. The molecule has 0 aliphatic carbocycles. The van der Waals surface area contributed by atoms with Crippen molar-refractivity contribution in [1.82, 2.24) is 19.8 Å². The number of nitro groups is 1. The lowest BCUT2D eigenvalue weighted by Gasteiger charge is -2.35. The molecule has 0 N–H and O–H groups in total. The molecule has 0 radical (unpaired) electrons. The molecule has 10 nitrogen and oxygen atoms in total. The van der Waals surface area contributed by atoms with E-state index in [-0.39, 0.29) is 11.6 Å². The predicted octanol–water partition coefficient (Wildman–Crippen LogP) is 1.24. The third kappa shape index (κ3) is 4.69. The van der Waals surface area contributed by atoms with Gasteiger partial charge in [-0.1, -0.05) is 0 Å². The number of anilines is 1. The minimum atomic E-state index is -0.464. The number of carbonyl (C=O) groups is 1. The summed E-state index contributed by atoms with van der Waals surface area (Å²) in [5, 5.41) is 13.5. The molecule has 0 saturated carbocycles. The molecule has 29 heavy (non-hydrogen) atoms. The highest BCUT2D eigenvalue weighted by Crippen LogP contribution is 2.19. The van der Waals surface area contributed by atoms with Gasteiger partial charge in [0.25, 0.3) is 11.6 Å². The van der Waals surface area contributed by atoms with Crippen molar-refractivity contribution in [2.24, 2.45) is 0 Å². The lowest BCUT2D eigenvalue weighted by molar-refractivity contribution is -0.385. The molecule has 4 heterocycles. The molecule has 0 bridgehead atoms. The Morgan fingerprint density at radius 2 is 1.93 bits per heavy atom. The zero-order valence-corrected chi connectivity index (χ0v) is 16.7. The second-order valence-electron chi connectivity index (χ2n) is 6.93. The van der Waals surface area contributed by atoms with E-state index in [9.17, 15) is 14.9 Å². The fourth-order valence-electron chi connectivity index (χ4n) is 3.41. The smallest absolute Gasteiger partial charge is 0.287 e. The molecular formula is C18H22N6O4S. The third-order valence-electron chi connectivity index (χ3n) is 5.07. The van der Waals surface area contributed by atoms with E-state index >= 15 is 0 Å². The highest BCUT2D eigenvalue weighted by Gasteiger charge is 2.25. The van der Waals surface area contributed by atoms with Crippen LogP contribution in [0.3, 0.4) is 0 Å². The van der Waals surface area contributed by atoms with Crippen LogP contribution >= 0.6 is 11.3 Å². The molecule has 0 unspecified atom stereocenters. The zero-order chi connectivity index (χ0) is 20.2. The molecule has 2 aliphatic rings. The number of hydrogen-bond acceptors (Lipinski definition) is 9. The Hall–Kier alpha value is -2.63. The van der Waals surface area contributed by atoms with Gasteiger partial charge in [-0.2, -0.15) is 0 Å². The van der Waals surface area contributed by atoms with Crippen LogP contribution in [-0.2, 0) is 11.3 Å². The second kappa shape index (κ2) is 8.80. The number of amides is 1. The van der Waals surface area contributed by atoms with Gasteiger partial charge in [-0.25, -0.2) is 9.97 Å². The number of nitrogens with zero attached hydrogens (tertiary/aromatic N) is 6. The van der Waals surface area contributed by atoms with Crippen molar-refractivity contribution in [2.75, 3.05) is 57.4 Å². The second-order valence-corrected chi connectivity index (χ2v) is 7.87.